The first kappa shape index (κ1) is 13.2. The predicted molar refractivity (Wildman–Crippen MR) is 69.1 cm³/mol. The molecule has 0 aromatic heterocycles. The van der Waals surface area contributed by atoms with Gasteiger partial charge >= 0.3 is 0 Å². The first-order chi connectivity index (χ1) is 8.15. The molecular formula is C15H20O3. The Kier molecular flexibility index (Phi) is 2.85. The summed E-state index contributed by atoms with van der Waals surface area (Å²) in [7, 11) is 0. The first-order valence-corrected chi connectivity index (χ1v) is 6.37. The van der Waals surface area contributed by atoms with Gasteiger partial charge in [0.2, 0.25) is 0 Å². The second-order valence-electron chi connectivity index (χ2n) is 6.24. The van der Waals surface area contributed by atoms with Gasteiger partial charge in [-0.1, -0.05) is 6.92 Å². The molecular weight excluding hydrogens is 228 g/mol. The maximum Gasteiger partial charge on any atom is 0.162 e. The summed E-state index contributed by atoms with van der Waals surface area (Å²) < 4.78 is 0. The second-order valence-corrected chi connectivity index (χ2v) is 6.24. The van der Waals surface area contributed by atoms with E-state index in [0.29, 0.717) is 18.4 Å². The zero-order valence-electron chi connectivity index (χ0n) is 11.5. The van der Waals surface area contributed by atoms with Crippen molar-refractivity contribution in [2.24, 2.45) is 5.41 Å². The Morgan fingerprint density at radius 1 is 1.28 bits per heavy atom. The van der Waals surface area contributed by atoms with E-state index in [0.717, 1.165) is 17.6 Å². The first-order valence-electron chi connectivity index (χ1n) is 6.37. The lowest BCUT2D eigenvalue weighted by Gasteiger charge is -2.40. The smallest absolute Gasteiger partial charge is 0.162 e. The predicted octanol–water partition coefficient (Wildman–Crippen LogP) is 2.34. The van der Waals surface area contributed by atoms with Crippen molar-refractivity contribution < 1.29 is 14.7 Å². The molecule has 1 atom stereocenters. The topological polar surface area (TPSA) is 54.4 Å². The van der Waals surface area contributed by atoms with Crippen LogP contribution < -0.4 is 0 Å². The van der Waals surface area contributed by atoms with Gasteiger partial charge in [-0.3, -0.25) is 9.59 Å². The maximum atomic E-state index is 12.2. The van der Waals surface area contributed by atoms with Crippen molar-refractivity contribution >= 4 is 11.6 Å². The van der Waals surface area contributed by atoms with Crippen LogP contribution in [0.2, 0.25) is 0 Å². The summed E-state index contributed by atoms with van der Waals surface area (Å²) in [6, 6.07) is 0. The summed E-state index contributed by atoms with van der Waals surface area (Å²) in [5, 5.41) is 10.0. The summed E-state index contributed by atoms with van der Waals surface area (Å²) in [5.74, 6) is 0.152. The quantitative estimate of drug-likeness (QED) is 0.775. The van der Waals surface area contributed by atoms with Gasteiger partial charge in [-0.15, -0.1) is 0 Å². The summed E-state index contributed by atoms with van der Waals surface area (Å²) in [5.41, 5.74) is 0.730. The molecule has 3 heteroatoms. The molecule has 1 N–H and O–H groups in total. The maximum absolute atomic E-state index is 12.2. The van der Waals surface area contributed by atoms with E-state index in [2.05, 4.69) is 0 Å². The molecule has 2 aliphatic rings. The minimum Gasteiger partial charge on any atom is -0.386 e. The van der Waals surface area contributed by atoms with Crippen molar-refractivity contribution in [2.75, 3.05) is 0 Å². The Labute approximate surface area is 108 Å². The van der Waals surface area contributed by atoms with Crippen molar-refractivity contribution in [3.63, 3.8) is 0 Å². The second kappa shape index (κ2) is 3.89. The monoisotopic (exact) mass is 248 g/mol. The van der Waals surface area contributed by atoms with Gasteiger partial charge in [-0.25, -0.2) is 0 Å². The minimum atomic E-state index is -1.15. The number of Topliss-reactive ketones (excluding diaryl/α,β-unsaturated/α-hetero) is 2. The Morgan fingerprint density at radius 3 is 2.44 bits per heavy atom. The minimum absolute atomic E-state index is 0.00380. The van der Waals surface area contributed by atoms with Crippen LogP contribution in [0.3, 0.4) is 0 Å². The summed E-state index contributed by atoms with van der Waals surface area (Å²) in [4.78, 5) is 23.9. The molecule has 0 spiro atoms. The van der Waals surface area contributed by atoms with Crippen LogP contribution in [0.4, 0.5) is 0 Å². The fraction of sp³-hybridized carbons (Fsp3) is 0.600. The molecule has 0 saturated carbocycles. The van der Waals surface area contributed by atoms with Crippen LogP contribution in [0.25, 0.3) is 0 Å². The fourth-order valence-electron chi connectivity index (χ4n) is 2.97. The molecule has 0 aliphatic heterocycles. The van der Waals surface area contributed by atoms with E-state index < -0.39 is 5.60 Å². The van der Waals surface area contributed by atoms with Crippen LogP contribution >= 0.6 is 0 Å². The molecule has 0 saturated heterocycles. The van der Waals surface area contributed by atoms with E-state index in [1.807, 2.05) is 13.8 Å². The Hall–Kier alpha value is -1.22. The molecule has 0 heterocycles. The highest BCUT2D eigenvalue weighted by Crippen LogP contribution is 2.47. The van der Waals surface area contributed by atoms with Gasteiger partial charge in [0.1, 0.15) is 0 Å². The highest BCUT2D eigenvalue weighted by molar-refractivity contribution is 6.03. The number of ketones is 2. The van der Waals surface area contributed by atoms with Gasteiger partial charge in [0.05, 0.1) is 5.60 Å². The molecule has 2 rings (SSSR count). The van der Waals surface area contributed by atoms with E-state index in [1.165, 1.54) is 0 Å². The van der Waals surface area contributed by atoms with Crippen LogP contribution in [0.5, 0.6) is 0 Å². The van der Waals surface area contributed by atoms with Crippen molar-refractivity contribution in [3.8, 4) is 0 Å². The number of carbonyl (C=O) groups is 2. The average Bonchev–Trinajstić information content (AvgIpc) is 2.21. The zero-order valence-corrected chi connectivity index (χ0v) is 11.5. The molecule has 0 fully saturated rings. The third-order valence-corrected chi connectivity index (χ3v) is 4.18. The lowest BCUT2D eigenvalue weighted by Crippen LogP contribution is -2.38. The van der Waals surface area contributed by atoms with Crippen LogP contribution in [-0.2, 0) is 9.59 Å². The molecule has 0 unspecified atom stereocenters. The Bertz CT molecular complexity index is 488. The van der Waals surface area contributed by atoms with Crippen LogP contribution in [0.15, 0.2) is 22.8 Å². The molecule has 0 radical (unpaired) electrons. The Morgan fingerprint density at radius 2 is 1.89 bits per heavy atom. The molecule has 0 aromatic carbocycles. The van der Waals surface area contributed by atoms with Crippen molar-refractivity contribution in [2.45, 2.75) is 52.6 Å². The largest absolute Gasteiger partial charge is 0.386 e. The van der Waals surface area contributed by atoms with E-state index in [1.54, 1.807) is 19.9 Å². The summed E-state index contributed by atoms with van der Waals surface area (Å²) >= 11 is 0. The van der Waals surface area contributed by atoms with Crippen LogP contribution in [0.1, 0.15) is 47.0 Å². The third-order valence-electron chi connectivity index (χ3n) is 4.18. The van der Waals surface area contributed by atoms with Gasteiger partial charge in [0.15, 0.2) is 11.6 Å². The van der Waals surface area contributed by atoms with Crippen LogP contribution in [-0.4, -0.2) is 22.3 Å². The van der Waals surface area contributed by atoms with Gasteiger partial charge < -0.3 is 5.11 Å². The number of hydrogen-bond donors (Lipinski definition) is 1. The number of allylic oxidation sites excluding steroid dienone is 3. The molecule has 0 amide bonds. The molecule has 0 aromatic rings. The van der Waals surface area contributed by atoms with Gasteiger partial charge in [0.25, 0.3) is 0 Å². The highest BCUT2D eigenvalue weighted by Gasteiger charge is 2.43. The number of aliphatic hydroxyl groups is 1. The molecule has 0 bridgehead atoms. The van der Waals surface area contributed by atoms with Crippen LogP contribution in [0, 0.1) is 5.41 Å². The highest BCUT2D eigenvalue weighted by atomic mass is 16.3. The van der Waals surface area contributed by atoms with Gasteiger partial charge in [-0.2, -0.15) is 0 Å². The average molecular weight is 248 g/mol. The molecule has 98 valence electrons. The van der Waals surface area contributed by atoms with E-state index in [-0.39, 0.29) is 17.0 Å². The standard InChI is InChI=1S/C15H20O3/c1-9-10-7-11(14(2,3)18)13(17)8-15(10,4)6-5-12(9)16/h7,18H,5-6,8H2,1-4H3/t15-/m1/s1. The van der Waals surface area contributed by atoms with Gasteiger partial charge in [-0.05, 0) is 44.4 Å². The molecule has 18 heavy (non-hydrogen) atoms. The molecule has 3 nitrogen and oxygen atoms in total. The van der Waals surface area contributed by atoms with Gasteiger partial charge in [0, 0.05) is 23.8 Å². The van der Waals surface area contributed by atoms with E-state index >= 15 is 0 Å². The zero-order chi connectivity index (χ0) is 13.7. The normalized spacial score (nSPS) is 29.3. The van der Waals surface area contributed by atoms with E-state index in [4.69, 9.17) is 0 Å². The fourth-order valence-corrected chi connectivity index (χ4v) is 2.97. The third kappa shape index (κ3) is 1.97. The van der Waals surface area contributed by atoms with Crippen molar-refractivity contribution in [3.05, 3.63) is 22.8 Å². The van der Waals surface area contributed by atoms with Crippen molar-refractivity contribution in [1.82, 2.24) is 0 Å². The number of fused-ring (bicyclic) bond motifs is 1. The SMILES string of the molecule is CC1=C2C=C(C(C)(C)O)C(=O)C[C@@]2(C)CCC1=O. The summed E-state index contributed by atoms with van der Waals surface area (Å²) in [6.07, 6.45) is 3.38. The number of hydrogen-bond acceptors (Lipinski definition) is 3. The Balaban J connectivity index is 2.61. The molecule has 2 aliphatic carbocycles. The summed E-state index contributed by atoms with van der Waals surface area (Å²) in [6.45, 7) is 7.08. The number of rotatable bonds is 1. The van der Waals surface area contributed by atoms with E-state index in [9.17, 15) is 14.7 Å². The lowest BCUT2D eigenvalue weighted by atomic mass is 9.63. The van der Waals surface area contributed by atoms with Crippen molar-refractivity contribution in [1.29, 1.82) is 0 Å². The lowest BCUT2D eigenvalue weighted by molar-refractivity contribution is -0.121. The number of carbonyl (C=O) groups excluding carboxylic acids is 2.